The summed E-state index contributed by atoms with van der Waals surface area (Å²) in [7, 11) is 0. The molecule has 4 nitrogen and oxygen atoms in total. The third kappa shape index (κ3) is 2.90. The van der Waals surface area contributed by atoms with E-state index < -0.39 is 0 Å². The van der Waals surface area contributed by atoms with Crippen molar-refractivity contribution in [3.63, 3.8) is 0 Å². The Hall–Kier alpha value is -1.68. The molecule has 0 bridgehead atoms. The average molecular weight is 270 g/mol. The van der Waals surface area contributed by atoms with Crippen LogP contribution in [0.4, 0.5) is 0 Å². The predicted molar refractivity (Wildman–Crippen MR) is 79.5 cm³/mol. The molecule has 1 aromatic carbocycles. The Balaban J connectivity index is 1.71. The van der Waals surface area contributed by atoms with Crippen LogP contribution in [0, 0.1) is 0 Å². The van der Waals surface area contributed by atoms with Gasteiger partial charge in [-0.05, 0) is 36.9 Å². The molecule has 0 saturated carbocycles. The van der Waals surface area contributed by atoms with Crippen LogP contribution in [0.25, 0.3) is 0 Å². The van der Waals surface area contributed by atoms with E-state index in [0.717, 1.165) is 25.3 Å². The Morgan fingerprint density at radius 3 is 3.15 bits per heavy atom. The summed E-state index contributed by atoms with van der Waals surface area (Å²) in [5, 5.41) is 11.8. The van der Waals surface area contributed by atoms with Crippen molar-refractivity contribution in [1.29, 1.82) is 0 Å². The zero-order valence-electron chi connectivity index (χ0n) is 12.0. The van der Waals surface area contributed by atoms with Crippen LogP contribution >= 0.6 is 0 Å². The van der Waals surface area contributed by atoms with Crippen molar-refractivity contribution >= 4 is 0 Å². The maximum Gasteiger partial charge on any atom is 0.0964 e. The van der Waals surface area contributed by atoms with Crippen LogP contribution in [0.5, 0.6) is 0 Å². The Bertz CT molecular complexity index is 561. The fraction of sp³-hybridized carbons (Fsp3) is 0.500. The van der Waals surface area contributed by atoms with E-state index in [9.17, 15) is 0 Å². The average Bonchev–Trinajstić information content (AvgIpc) is 2.93. The van der Waals surface area contributed by atoms with Crippen LogP contribution in [-0.2, 0) is 19.5 Å². The number of nitrogens with zero attached hydrogens (tertiary/aromatic N) is 3. The molecule has 4 heteroatoms. The quantitative estimate of drug-likeness (QED) is 0.907. The van der Waals surface area contributed by atoms with Crippen LogP contribution < -0.4 is 5.32 Å². The minimum Gasteiger partial charge on any atom is -0.311 e. The van der Waals surface area contributed by atoms with Gasteiger partial charge >= 0.3 is 0 Å². The van der Waals surface area contributed by atoms with Gasteiger partial charge in [-0.1, -0.05) is 36.4 Å². The van der Waals surface area contributed by atoms with E-state index in [1.807, 2.05) is 4.68 Å². The standard InChI is InChI=1S/C16H22N4/c1-2-17-10-15-12-20(19-18-15)11-14-8-5-7-13-6-3-4-9-16(13)14/h3-4,6,9,12,14,17H,2,5,7-8,10-11H2,1H3. The lowest BCUT2D eigenvalue weighted by molar-refractivity contribution is 0.449. The highest BCUT2D eigenvalue weighted by molar-refractivity contribution is 5.32. The molecule has 20 heavy (non-hydrogen) atoms. The Labute approximate surface area is 120 Å². The fourth-order valence-electron chi connectivity index (χ4n) is 3.03. The number of aromatic nitrogens is 3. The molecular formula is C16H22N4. The summed E-state index contributed by atoms with van der Waals surface area (Å²) in [6.07, 6.45) is 5.82. The number of benzene rings is 1. The van der Waals surface area contributed by atoms with Crippen molar-refractivity contribution in [2.45, 2.75) is 45.2 Å². The van der Waals surface area contributed by atoms with Gasteiger partial charge in [0, 0.05) is 25.2 Å². The lowest BCUT2D eigenvalue weighted by atomic mass is 9.83. The third-order valence-electron chi connectivity index (χ3n) is 4.04. The van der Waals surface area contributed by atoms with E-state index in [1.54, 1.807) is 0 Å². The first-order valence-electron chi connectivity index (χ1n) is 7.54. The monoisotopic (exact) mass is 270 g/mol. The molecule has 1 N–H and O–H groups in total. The van der Waals surface area contributed by atoms with Gasteiger partial charge < -0.3 is 5.32 Å². The number of hydrogen-bond acceptors (Lipinski definition) is 3. The van der Waals surface area contributed by atoms with Gasteiger partial charge in [-0.25, -0.2) is 0 Å². The van der Waals surface area contributed by atoms with Gasteiger partial charge in [0.2, 0.25) is 0 Å². The predicted octanol–water partition coefficient (Wildman–Crippen LogP) is 2.51. The molecule has 0 fully saturated rings. The molecule has 0 spiro atoms. The van der Waals surface area contributed by atoms with Crippen molar-refractivity contribution in [2.75, 3.05) is 6.54 Å². The van der Waals surface area contributed by atoms with Crippen LogP contribution in [0.3, 0.4) is 0 Å². The minimum atomic E-state index is 0.577. The Morgan fingerprint density at radius 2 is 2.25 bits per heavy atom. The first kappa shape index (κ1) is 13.3. The van der Waals surface area contributed by atoms with Crippen LogP contribution in [0.15, 0.2) is 30.5 Å². The maximum atomic E-state index is 4.26. The van der Waals surface area contributed by atoms with E-state index in [-0.39, 0.29) is 0 Å². The zero-order chi connectivity index (χ0) is 13.8. The van der Waals surface area contributed by atoms with E-state index in [4.69, 9.17) is 0 Å². The smallest absolute Gasteiger partial charge is 0.0964 e. The first-order chi connectivity index (χ1) is 9.86. The summed E-state index contributed by atoms with van der Waals surface area (Å²) in [5.74, 6) is 0.577. The Kier molecular flexibility index (Phi) is 4.11. The summed E-state index contributed by atoms with van der Waals surface area (Å²) in [6.45, 7) is 4.81. The summed E-state index contributed by atoms with van der Waals surface area (Å²) in [4.78, 5) is 0. The summed E-state index contributed by atoms with van der Waals surface area (Å²) >= 11 is 0. The van der Waals surface area contributed by atoms with Gasteiger partial charge in [0.05, 0.1) is 5.69 Å². The van der Waals surface area contributed by atoms with Crippen molar-refractivity contribution in [1.82, 2.24) is 20.3 Å². The highest BCUT2D eigenvalue weighted by Crippen LogP contribution is 2.32. The lowest BCUT2D eigenvalue weighted by Gasteiger charge is -2.25. The first-order valence-corrected chi connectivity index (χ1v) is 7.54. The van der Waals surface area contributed by atoms with E-state index in [1.165, 1.54) is 30.4 Å². The van der Waals surface area contributed by atoms with Gasteiger partial charge in [0.25, 0.3) is 0 Å². The normalized spacial score (nSPS) is 17.9. The zero-order valence-corrected chi connectivity index (χ0v) is 12.0. The van der Waals surface area contributed by atoms with E-state index >= 15 is 0 Å². The fourth-order valence-corrected chi connectivity index (χ4v) is 3.03. The molecule has 106 valence electrons. The largest absolute Gasteiger partial charge is 0.311 e. The summed E-state index contributed by atoms with van der Waals surface area (Å²) < 4.78 is 2.00. The number of rotatable bonds is 5. The van der Waals surface area contributed by atoms with Crippen molar-refractivity contribution < 1.29 is 0 Å². The SMILES string of the molecule is CCNCc1cn(CC2CCCc3ccccc32)nn1. The molecular weight excluding hydrogens is 248 g/mol. The second kappa shape index (κ2) is 6.18. The Morgan fingerprint density at radius 1 is 1.35 bits per heavy atom. The van der Waals surface area contributed by atoms with Gasteiger partial charge in [-0.15, -0.1) is 5.10 Å². The molecule has 0 saturated heterocycles. The molecule has 3 rings (SSSR count). The number of aryl methyl sites for hydroxylation is 1. The van der Waals surface area contributed by atoms with Crippen LogP contribution in [-0.4, -0.2) is 21.5 Å². The van der Waals surface area contributed by atoms with Gasteiger partial charge in [-0.3, -0.25) is 4.68 Å². The van der Waals surface area contributed by atoms with Gasteiger partial charge in [0.15, 0.2) is 0 Å². The minimum absolute atomic E-state index is 0.577. The molecule has 1 atom stereocenters. The third-order valence-corrected chi connectivity index (χ3v) is 4.04. The topological polar surface area (TPSA) is 42.7 Å². The van der Waals surface area contributed by atoms with E-state index in [2.05, 4.69) is 53.0 Å². The van der Waals surface area contributed by atoms with Crippen molar-refractivity contribution in [3.8, 4) is 0 Å². The van der Waals surface area contributed by atoms with Gasteiger partial charge in [0.1, 0.15) is 0 Å². The highest BCUT2D eigenvalue weighted by Gasteiger charge is 2.20. The molecule has 0 amide bonds. The van der Waals surface area contributed by atoms with Crippen molar-refractivity contribution in [2.24, 2.45) is 0 Å². The second-order valence-corrected chi connectivity index (χ2v) is 5.50. The summed E-state index contributed by atoms with van der Waals surface area (Å²) in [5.41, 5.74) is 4.04. The van der Waals surface area contributed by atoms with E-state index in [0.29, 0.717) is 5.92 Å². The number of nitrogens with one attached hydrogen (secondary N) is 1. The van der Waals surface area contributed by atoms with Crippen molar-refractivity contribution in [3.05, 3.63) is 47.3 Å². The number of hydrogen-bond donors (Lipinski definition) is 1. The lowest BCUT2D eigenvalue weighted by Crippen LogP contribution is -2.16. The molecule has 1 aromatic heterocycles. The molecule has 2 aromatic rings. The molecule has 0 aliphatic heterocycles. The van der Waals surface area contributed by atoms with Crippen LogP contribution in [0.1, 0.15) is 42.5 Å². The molecule has 1 heterocycles. The highest BCUT2D eigenvalue weighted by atomic mass is 15.4. The van der Waals surface area contributed by atoms with Gasteiger partial charge in [-0.2, -0.15) is 0 Å². The maximum absolute atomic E-state index is 4.26. The second-order valence-electron chi connectivity index (χ2n) is 5.50. The molecule has 1 unspecified atom stereocenters. The number of fused-ring (bicyclic) bond motifs is 1. The van der Waals surface area contributed by atoms with Crippen LogP contribution in [0.2, 0.25) is 0 Å². The molecule has 1 aliphatic carbocycles. The molecule has 1 aliphatic rings. The molecule has 0 radical (unpaired) electrons. The summed E-state index contributed by atoms with van der Waals surface area (Å²) in [6, 6.07) is 8.83.